The van der Waals surface area contributed by atoms with Crippen molar-refractivity contribution < 1.29 is 0 Å². The Morgan fingerprint density at radius 1 is 0.933 bits per heavy atom. The molecule has 0 aromatic heterocycles. The Bertz CT molecular complexity index is 229. The number of piperazine rings is 1. The van der Waals surface area contributed by atoms with Crippen LogP contribution in [0.3, 0.4) is 0 Å². The van der Waals surface area contributed by atoms with Gasteiger partial charge in [0.2, 0.25) is 0 Å². The van der Waals surface area contributed by atoms with Crippen molar-refractivity contribution in [2.45, 2.75) is 65.7 Å². The molecule has 15 heavy (non-hydrogen) atoms. The van der Waals surface area contributed by atoms with Crippen LogP contribution in [0.4, 0.5) is 0 Å². The average Bonchev–Trinajstić information content (AvgIpc) is 2.15. The fourth-order valence-corrected chi connectivity index (χ4v) is 3.44. The number of fused-ring (bicyclic) bond motifs is 2. The summed E-state index contributed by atoms with van der Waals surface area (Å²) in [5.74, 6) is 0. The van der Waals surface area contributed by atoms with Crippen molar-refractivity contribution in [3.05, 3.63) is 0 Å². The lowest BCUT2D eigenvalue weighted by molar-refractivity contribution is -0.193. The van der Waals surface area contributed by atoms with Gasteiger partial charge in [-0.15, -0.1) is 0 Å². The molecular weight excluding hydrogens is 184 g/mol. The maximum absolute atomic E-state index is 2.72. The van der Waals surface area contributed by atoms with Crippen LogP contribution in [0.1, 0.15) is 41.5 Å². The van der Waals surface area contributed by atoms with Crippen LogP contribution in [0.5, 0.6) is 0 Å². The summed E-state index contributed by atoms with van der Waals surface area (Å²) in [4.78, 5) is 5.36. The first-order valence-corrected chi connectivity index (χ1v) is 6.37. The molecule has 3 aliphatic rings. The Morgan fingerprint density at radius 2 is 1.40 bits per heavy atom. The normalized spacial score (nSPS) is 36.0. The van der Waals surface area contributed by atoms with E-state index in [1.54, 1.807) is 0 Å². The molecule has 3 fully saturated rings. The molecule has 2 heteroatoms. The Hall–Kier alpha value is -0.0800. The fraction of sp³-hybridized carbons (Fsp3) is 1.00. The molecule has 3 rings (SSSR count). The quantitative estimate of drug-likeness (QED) is 0.689. The average molecular weight is 210 g/mol. The van der Waals surface area contributed by atoms with Gasteiger partial charge in [-0.1, -0.05) is 13.8 Å². The van der Waals surface area contributed by atoms with Gasteiger partial charge in [0.15, 0.2) is 0 Å². The summed E-state index contributed by atoms with van der Waals surface area (Å²) in [6.45, 7) is 16.7. The highest BCUT2D eigenvalue weighted by atomic mass is 15.4. The third-order valence-electron chi connectivity index (χ3n) is 4.58. The van der Waals surface area contributed by atoms with Gasteiger partial charge in [0.05, 0.1) is 0 Å². The second-order valence-electron chi connectivity index (χ2n) is 6.44. The highest BCUT2D eigenvalue weighted by Crippen LogP contribution is 2.48. The monoisotopic (exact) mass is 210 g/mol. The number of piperidine rings is 1. The molecule has 2 unspecified atom stereocenters. The van der Waals surface area contributed by atoms with Crippen LogP contribution in [0, 0.1) is 5.41 Å². The van der Waals surface area contributed by atoms with E-state index in [9.17, 15) is 0 Å². The molecular formula is C13H26N2. The molecule has 0 aliphatic carbocycles. The summed E-state index contributed by atoms with van der Waals surface area (Å²) in [6, 6.07) is 2.97. The summed E-state index contributed by atoms with van der Waals surface area (Å²) in [6.07, 6.45) is 0. The van der Waals surface area contributed by atoms with Gasteiger partial charge < -0.3 is 0 Å². The molecule has 0 amide bonds. The zero-order chi connectivity index (χ0) is 11.4. The summed E-state index contributed by atoms with van der Waals surface area (Å²) in [5, 5.41) is 0. The van der Waals surface area contributed by atoms with Crippen molar-refractivity contribution in [1.82, 2.24) is 9.80 Å². The predicted molar refractivity (Wildman–Crippen MR) is 65.0 cm³/mol. The van der Waals surface area contributed by atoms with Crippen LogP contribution < -0.4 is 0 Å². The zero-order valence-corrected chi connectivity index (χ0v) is 11.1. The van der Waals surface area contributed by atoms with Crippen LogP contribution in [0.25, 0.3) is 0 Å². The van der Waals surface area contributed by atoms with Crippen LogP contribution in [0.15, 0.2) is 0 Å². The molecule has 0 N–H and O–H groups in total. The molecule has 0 aromatic carbocycles. The van der Waals surface area contributed by atoms with Gasteiger partial charge in [-0.2, -0.15) is 0 Å². The van der Waals surface area contributed by atoms with E-state index in [2.05, 4.69) is 51.3 Å². The fourth-order valence-electron chi connectivity index (χ4n) is 3.44. The maximum atomic E-state index is 2.72. The summed E-state index contributed by atoms with van der Waals surface area (Å²) < 4.78 is 0. The Labute approximate surface area is 94.6 Å². The van der Waals surface area contributed by atoms with Crippen molar-refractivity contribution in [2.75, 3.05) is 13.1 Å². The number of hydrogen-bond acceptors (Lipinski definition) is 2. The van der Waals surface area contributed by atoms with Gasteiger partial charge in [0.1, 0.15) is 0 Å². The zero-order valence-electron chi connectivity index (χ0n) is 11.1. The first-order chi connectivity index (χ1) is 6.85. The van der Waals surface area contributed by atoms with Crippen LogP contribution in [-0.2, 0) is 0 Å². The summed E-state index contributed by atoms with van der Waals surface area (Å²) >= 11 is 0. The van der Waals surface area contributed by atoms with Crippen molar-refractivity contribution in [3.8, 4) is 0 Å². The van der Waals surface area contributed by atoms with E-state index in [0.717, 1.165) is 12.1 Å². The molecule has 3 aliphatic heterocycles. The molecule has 2 nitrogen and oxygen atoms in total. The molecule has 3 saturated heterocycles. The van der Waals surface area contributed by atoms with Gasteiger partial charge in [-0.05, 0) is 33.1 Å². The van der Waals surface area contributed by atoms with E-state index in [1.165, 1.54) is 13.1 Å². The molecule has 0 saturated carbocycles. The van der Waals surface area contributed by atoms with Gasteiger partial charge in [-0.25, -0.2) is 0 Å². The molecule has 0 radical (unpaired) electrons. The van der Waals surface area contributed by atoms with E-state index < -0.39 is 0 Å². The van der Waals surface area contributed by atoms with Crippen molar-refractivity contribution in [1.29, 1.82) is 0 Å². The minimum absolute atomic E-state index is 0.537. The number of nitrogens with zero attached hydrogens (tertiary/aromatic N) is 2. The second-order valence-corrected chi connectivity index (χ2v) is 6.44. The van der Waals surface area contributed by atoms with Crippen LogP contribution in [0.2, 0.25) is 0 Å². The molecule has 0 aromatic rings. The number of hydrogen-bond donors (Lipinski definition) is 0. The molecule has 2 atom stereocenters. The van der Waals surface area contributed by atoms with Gasteiger partial charge in [0.25, 0.3) is 0 Å². The predicted octanol–water partition coefficient (Wildman–Crippen LogP) is 2.20. The van der Waals surface area contributed by atoms with Crippen molar-refractivity contribution >= 4 is 0 Å². The smallest absolute Gasteiger partial charge is 0.0296 e. The highest BCUT2D eigenvalue weighted by molar-refractivity contribution is 5.13. The van der Waals surface area contributed by atoms with E-state index in [1.807, 2.05) is 0 Å². The number of rotatable bonds is 2. The molecule has 3 heterocycles. The van der Waals surface area contributed by atoms with E-state index in [0.29, 0.717) is 17.5 Å². The van der Waals surface area contributed by atoms with Crippen molar-refractivity contribution in [2.24, 2.45) is 5.41 Å². The minimum Gasteiger partial charge on any atom is -0.298 e. The molecule has 2 bridgehead atoms. The Morgan fingerprint density at radius 3 is 1.73 bits per heavy atom. The second kappa shape index (κ2) is 3.46. The summed E-state index contributed by atoms with van der Waals surface area (Å²) in [5.41, 5.74) is 0.537. The topological polar surface area (TPSA) is 6.48 Å². The van der Waals surface area contributed by atoms with Crippen LogP contribution >= 0.6 is 0 Å². The maximum Gasteiger partial charge on any atom is 0.0296 e. The largest absolute Gasteiger partial charge is 0.298 e. The SMILES string of the molecule is CC(C)N1CC2N(C(C)C)C(C1)C2(C)C. The molecule has 0 spiro atoms. The van der Waals surface area contributed by atoms with Crippen LogP contribution in [-0.4, -0.2) is 47.1 Å². The van der Waals surface area contributed by atoms with E-state index in [-0.39, 0.29) is 0 Å². The van der Waals surface area contributed by atoms with Gasteiger partial charge >= 0.3 is 0 Å². The first kappa shape index (κ1) is 11.4. The first-order valence-electron chi connectivity index (χ1n) is 6.37. The minimum atomic E-state index is 0.537. The van der Waals surface area contributed by atoms with Gasteiger partial charge in [0, 0.05) is 37.3 Å². The lowest BCUT2D eigenvalue weighted by Crippen LogP contribution is -2.80. The van der Waals surface area contributed by atoms with E-state index >= 15 is 0 Å². The Kier molecular flexibility index (Phi) is 2.63. The standard InChI is InChI=1S/C13H26N2/c1-9(2)14-7-11-13(5,6)12(8-14)15(11)10(3)4/h9-12H,7-8H2,1-6H3. The third kappa shape index (κ3) is 1.53. The third-order valence-corrected chi connectivity index (χ3v) is 4.58. The molecule has 88 valence electrons. The van der Waals surface area contributed by atoms with Gasteiger partial charge in [-0.3, -0.25) is 9.80 Å². The highest BCUT2D eigenvalue weighted by Gasteiger charge is 2.59. The van der Waals surface area contributed by atoms with E-state index in [4.69, 9.17) is 0 Å². The summed E-state index contributed by atoms with van der Waals surface area (Å²) in [7, 11) is 0. The Balaban J connectivity index is 2.11. The lowest BCUT2D eigenvalue weighted by Gasteiger charge is -2.69. The lowest BCUT2D eigenvalue weighted by atomic mass is 9.63. The van der Waals surface area contributed by atoms with Crippen molar-refractivity contribution in [3.63, 3.8) is 0 Å².